The van der Waals surface area contributed by atoms with Gasteiger partial charge in [-0.2, -0.15) is 0 Å². The zero-order chi connectivity index (χ0) is 18.7. The lowest BCUT2D eigenvalue weighted by Crippen LogP contribution is -2.42. The second-order valence-corrected chi connectivity index (χ2v) is 8.83. The number of carbonyl (C=O) groups excluding carboxylic acids is 1. The molecule has 0 bridgehead atoms. The molecule has 0 saturated heterocycles. The predicted octanol–water partition coefficient (Wildman–Crippen LogP) is 4.61. The van der Waals surface area contributed by atoms with Gasteiger partial charge in [-0.3, -0.25) is 4.79 Å². The summed E-state index contributed by atoms with van der Waals surface area (Å²) in [4.78, 5) is 13.5. The van der Waals surface area contributed by atoms with Crippen LogP contribution >= 0.6 is 0 Å². The van der Waals surface area contributed by atoms with Crippen molar-refractivity contribution in [2.24, 2.45) is 5.92 Å². The lowest BCUT2D eigenvalue weighted by atomic mass is 9.88. The molecule has 5 heteroatoms. The third kappa shape index (κ3) is 3.68. The van der Waals surface area contributed by atoms with Crippen LogP contribution in [0.15, 0.2) is 53.4 Å². The molecule has 2 aromatic carbocycles. The number of benzene rings is 2. The molecule has 0 aromatic heterocycles. The van der Waals surface area contributed by atoms with Crippen LogP contribution in [0.4, 0.5) is 5.69 Å². The zero-order valence-corrected chi connectivity index (χ0v) is 16.1. The highest BCUT2D eigenvalue weighted by molar-refractivity contribution is 7.93. The molecule has 138 valence electrons. The normalized spacial score (nSPS) is 15.6. The summed E-state index contributed by atoms with van der Waals surface area (Å²) >= 11 is 0. The Labute approximate surface area is 155 Å². The van der Waals surface area contributed by atoms with Gasteiger partial charge in [0.2, 0.25) is 5.91 Å². The highest BCUT2D eigenvalue weighted by Gasteiger charge is 2.36. The number of sulfonamides is 1. The average molecular weight is 372 g/mol. The first-order valence-electron chi connectivity index (χ1n) is 9.13. The van der Waals surface area contributed by atoms with Gasteiger partial charge in [0.05, 0.1) is 10.6 Å². The maximum Gasteiger partial charge on any atom is 0.270 e. The molecule has 4 nitrogen and oxygen atoms in total. The van der Waals surface area contributed by atoms with Crippen molar-refractivity contribution in [3.05, 3.63) is 59.7 Å². The van der Waals surface area contributed by atoms with Crippen LogP contribution in [-0.4, -0.2) is 14.3 Å². The van der Waals surface area contributed by atoms with E-state index in [1.807, 2.05) is 26.0 Å². The Morgan fingerprint density at radius 1 is 0.962 bits per heavy atom. The Hall–Kier alpha value is -2.14. The second-order valence-electron chi connectivity index (χ2n) is 7.05. The van der Waals surface area contributed by atoms with Crippen LogP contribution in [-0.2, 0) is 14.8 Å². The van der Waals surface area contributed by atoms with E-state index in [1.165, 1.54) is 0 Å². The summed E-state index contributed by atoms with van der Waals surface area (Å²) in [5.74, 6) is -0.538. The topological polar surface area (TPSA) is 54.5 Å². The molecule has 0 N–H and O–H groups in total. The van der Waals surface area contributed by atoms with Crippen molar-refractivity contribution >= 4 is 21.6 Å². The fourth-order valence-corrected chi connectivity index (χ4v) is 5.07. The minimum absolute atomic E-state index is 0.144. The molecular weight excluding hydrogens is 346 g/mol. The number of hydrogen-bond acceptors (Lipinski definition) is 3. The summed E-state index contributed by atoms with van der Waals surface area (Å²) in [6, 6.07) is 13.8. The predicted molar refractivity (Wildman–Crippen MR) is 104 cm³/mol. The molecule has 0 spiro atoms. The van der Waals surface area contributed by atoms with Crippen molar-refractivity contribution in [1.82, 2.24) is 0 Å². The Bertz CT molecular complexity index is 885. The van der Waals surface area contributed by atoms with E-state index in [0.29, 0.717) is 5.69 Å². The number of carbonyl (C=O) groups is 1. The third-order valence-corrected chi connectivity index (χ3v) is 6.74. The van der Waals surface area contributed by atoms with Crippen molar-refractivity contribution in [3.63, 3.8) is 0 Å². The molecule has 3 rings (SSSR count). The van der Waals surface area contributed by atoms with E-state index in [2.05, 4.69) is 0 Å². The molecule has 0 heterocycles. The fraction of sp³-hybridized carbons (Fsp3) is 0.381. The van der Waals surface area contributed by atoms with Crippen LogP contribution in [0, 0.1) is 19.8 Å². The minimum Gasteiger partial charge on any atom is -0.273 e. The van der Waals surface area contributed by atoms with E-state index < -0.39 is 10.0 Å². The van der Waals surface area contributed by atoms with Crippen molar-refractivity contribution < 1.29 is 13.2 Å². The van der Waals surface area contributed by atoms with Gasteiger partial charge in [-0.1, -0.05) is 49.6 Å². The molecule has 0 aliphatic heterocycles. The van der Waals surface area contributed by atoms with Gasteiger partial charge in [0.1, 0.15) is 0 Å². The van der Waals surface area contributed by atoms with Crippen LogP contribution in [0.3, 0.4) is 0 Å². The number of nitrogens with zero attached hydrogens (tertiary/aromatic N) is 1. The van der Waals surface area contributed by atoms with Crippen LogP contribution < -0.4 is 4.31 Å². The highest BCUT2D eigenvalue weighted by atomic mass is 32.2. The van der Waals surface area contributed by atoms with Gasteiger partial charge >= 0.3 is 0 Å². The summed E-state index contributed by atoms with van der Waals surface area (Å²) < 4.78 is 27.8. The molecule has 26 heavy (non-hydrogen) atoms. The van der Waals surface area contributed by atoms with Gasteiger partial charge in [-0.05, 0) is 56.0 Å². The molecule has 1 saturated carbocycles. The number of aryl methyl sites for hydroxylation is 2. The van der Waals surface area contributed by atoms with Crippen LogP contribution in [0.5, 0.6) is 0 Å². The smallest absolute Gasteiger partial charge is 0.270 e. The molecule has 1 amide bonds. The summed E-state index contributed by atoms with van der Waals surface area (Å²) in [7, 11) is -3.96. The molecule has 0 unspecified atom stereocenters. The van der Waals surface area contributed by atoms with Gasteiger partial charge in [0, 0.05) is 5.92 Å². The molecule has 0 atom stereocenters. The zero-order valence-electron chi connectivity index (χ0n) is 15.3. The van der Waals surface area contributed by atoms with Crippen molar-refractivity contribution in [2.75, 3.05) is 4.31 Å². The third-order valence-electron chi connectivity index (χ3n) is 5.02. The van der Waals surface area contributed by atoms with E-state index in [-0.39, 0.29) is 16.7 Å². The Morgan fingerprint density at radius 2 is 1.62 bits per heavy atom. The Kier molecular flexibility index (Phi) is 5.47. The van der Waals surface area contributed by atoms with Gasteiger partial charge in [0.15, 0.2) is 0 Å². The minimum atomic E-state index is -3.96. The lowest BCUT2D eigenvalue weighted by Gasteiger charge is -2.30. The highest BCUT2D eigenvalue weighted by Crippen LogP contribution is 2.33. The summed E-state index contributed by atoms with van der Waals surface area (Å²) in [5.41, 5.74) is 2.17. The molecule has 0 radical (unpaired) electrons. The summed E-state index contributed by atoms with van der Waals surface area (Å²) in [5, 5.41) is 0. The molecular formula is C21H25NO3S. The van der Waals surface area contributed by atoms with Gasteiger partial charge in [0.25, 0.3) is 10.0 Å². The molecule has 1 fully saturated rings. The van der Waals surface area contributed by atoms with Gasteiger partial charge in [-0.25, -0.2) is 12.7 Å². The number of rotatable bonds is 4. The van der Waals surface area contributed by atoms with Crippen LogP contribution in [0.1, 0.15) is 43.2 Å². The van der Waals surface area contributed by atoms with Crippen LogP contribution in [0.2, 0.25) is 0 Å². The van der Waals surface area contributed by atoms with E-state index in [0.717, 1.165) is 47.5 Å². The van der Waals surface area contributed by atoms with Crippen molar-refractivity contribution in [1.29, 1.82) is 0 Å². The average Bonchev–Trinajstić information content (AvgIpc) is 2.66. The van der Waals surface area contributed by atoms with E-state index in [9.17, 15) is 13.2 Å². The van der Waals surface area contributed by atoms with E-state index in [1.54, 1.807) is 36.4 Å². The standard InChI is InChI=1S/C21H25NO3S/c1-16-13-14-17(2)20(15-16)22(21(23)18-9-5-3-6-10-18)26(24,25)19-11-7-4-8-12-19/h4,7-8,11-15,18H,3,5-6,9-10H2,1-2H3. The molecule has 1 aliphatic rings. The largest absolute Gasteiger partial charge is 0.273 e. The number of hydrogen-bond donors (Lipinski definition) is 0. The summed E-state index contributed by atoms with van der Waals surface area (Å²) in [6.45, 7) is 3.75. The monoisotopic (exact) mass is 371 g/mol. The number of amides is 1. The molecule has 1 aliphatic carbocycles. The first-order chi connectivity index (χ1) is 12.4. The number of anilines is 1. The van der Waals surface area contributed by atoms with Crippen molar-refractivity contribution in [2.45, 2.75) is 50.8 Å². The Balaban J connectivity index is 2.13. The quantitative estimate of drug-likeness (QED) is 0.789. The van der Waals surface area contributed by atoms with E-state index >= 15 is 0 Å². The van der Waals surface area contributed by atoms with Crippen molar-refractivity contribution in [3.8, 4) is 0 Å². The first kappa shape index (κ1) is 18.6. The maximum atomic E-state index is 13.4. The fourth-order valence-electron chi connectivity index (χ4n) is 3.52. The SMILES string of the molecule is Cc1ccc(C)c(N(C(=O)C2CCCCC2)S(=O)(=O)c2ccccc2)c1. The lowest BCUT2D eigenvalue weighted by molar-refractivity contribution is -0.122. The van der Waals surface area contributed by atoms with Crippen LogP contribution in [0.25, 0.3) is 0 Å². The summed E-state index contributed by atoms with van der Waals surface area (Å²) in [6.07, 6.45) is 4.57. The van der Waals surface area contributed by atoms with E-state index in [4.69, 9.17) is 0 Å². The van der Waals surface area contributed by atoms with Gasteiger partial charge in [-0.15, -0.1) is 0 Å². The maximum absolute atomic E-state index is 13.4. The molecule has 2 aromatic rings. The second kappa shape index (κ2) is 7.62. The first-order valence-corrected chi connectivity index (χ1v) is 10.6. The Morgan fingerprint density at radius 3 is 2.27 bits per heavy atom. The van der Waals surface area contributed by atoms with Gasteiger partial charge < -0.3 is 0 Å².